The molecule has 2 N–H and O–H groups in total. The van der Waals surface area contributed by atoms with Gasteiger partial charge in [-0.1, -0.05) is 6.07 Å². The van der Waals surface area contributed by atoms with Crippen molar-refractivity contribution in [2.75, 3.05) is 26.1 Å². The SMILES string of the molecule is COc1cccc(OC)c1-c1[nH]c(=S)nc2c1CCN2. The van der Waals surface area contributed by atoms with E-state index in [9.17, 15) is 0 Å². The summed E-state index contributed by atoms with van der Waals surface area (Å²) in [6.07, 6.45) is 0.894. The first-order chi connectivity index (χ1) is 9.74. The van der Waals surface area contributed by atoms with Crippen molar-refractivity contribution < 1.29 is 9.47 Å². The number of hydrogen-bond donors (Lipinski definition) is 2. The summed E-state index contributed by atoms with van der Waals surface area (Å²) in [5.41, 5.74) is 2.91. The molecule has 0 unspecified atom stereocenters. The summed E-state index contributed by atoms with van der Waals surface area (Å²) in [5.74, 6) is 2.34. The smallest absolute Gasteiger partial charge is 0.199 e. The van der Waals surface area contributed by atoms with Gasteiger partial charge >= 0.3 is 0 Å². The number of ether oxygens (including phenoxy) is 2. The highest BCUT2D eigenvalue weighted by Gasteiger charge is 2.22. The number of anilines is 1. The molecule has 104 valence electrons. The lowest BCUT2D eigenvalue weighted by Gasteiger charge is -2.15. The zero-order valence-electron chi connectivity index (χ0n) is 11.3. The normalized spacial score (nSPS) is 12.7. The molecule has 0 saturated carbocycles. The van der Waals surface area contributed by atoms with Gasteiger partial charge in [-0.15, -0.1) is 0 Å². The van der Waals surface area contributed by atoms with Crippen LogP contribution in [-0.2, 0) is 6.42 Å². The van der Waals surface area contributed by atoms with E-state index in [1.165, 1.54) is 0 Å². The molecule has 1 aromatic carbocycles. The Balaban J connectivity index is 2.32. The maximum Gasteiger partial charge on any atom is 0.199 e. The highest BCUT2D eigenvalue weighted by atomic mass is 32.1. The van der Waals surface area contributed by atoms with Gasteiger partial charge in [-0.2, -0.15) is 0 Å². The van der Waals surface area contributed by atoms with Gasteiger partial charge in [0.2, 0.25) is 0 Å². The highest BCUT2D eigenvalue weighted by molar-refractivity contribution is 7.71. The van der Waals surface area contributed by atoms with Gasteiger partial charge < -0.3 is 19.8 Å². The molecule has 20 heavy (non-hydrogen) atoms. The Morgan fingerprint density at radius 1 is 1.20 bits per heavy atom. The Hall–Kier alpha value is -2.08. The number of nitrogens with one attached hydrogen (secondary N) is 2. The van der Waals surface area contributed by atoms with Crippen molar-refractivity contribution in [2.24, 2.45) is 0 Å². The van der Waals surface area contributed by atoms with E-state index in [-0.39, 0.29) is 0 Å². The Labute approximate surface area is 122 Å². The Morgan fingerprint density at radius 3 is 2.55 bits per heavy atom. The molecule has 0 radical (unpaired) electrons. The van der Waals surface area contributed by atoms with Gasteiger partial charge in [0.15, 0.2) is 4.77 Å². The van der Waals surface area contributed by atoms with Gasteiger partial charge in [0.25, 0.3) is 0 Å². The van der Waals surface area contributed by atoms with Crippen LogP contribution in [0.5, 0.6) is 11.5 Å². The first-order valence-electron chi connectivity index (χ1n) is 6.33. The van der Waals surface area contributed by atoms with Crippen LogP contribution in [0.1, 0.15) is 5.56 Å². The molecule has 0 spiro atoms. The maximum absolute atomic E-state index is 5.47. The minimum atomic E-state index is 0.445. The topological polar surface area (TPSA) is 59.2 Å². The molecule has 2 heterocycles. The predicted octanol–water partition coefficient (Wildman–Crippen LogP) is 2.79. The molecule has 0 saturated heterocycles. The minimum absolute atomic E-state index is 0.445. The average Bonchev–Trinajstić information content (AvgIpc) is 2.93. The predicted molar refractivity (Wildman–Crippen MR) is 80.2 cm³/mol. The zero-order valence-corrected chi connectivity index (χ0v) is 12.1. The second-order valence-corrected chi connectivity index (χ2v) is 4.85. The average molecular weight is 289 g/mol. The number of benzene rings is 1. The molecule has 0 bridgehead atoms. The molecule has 1 aliphatic rings. The van der Waals surface area contributed by atoms with Crippen LogP contribution in [0.25, 0.3) is 11.3 Å². The lowest BCUT2D eigenvalue weighted by atomic mass is 10.0. The third-order valence-corrected chi connectivity index (χ3v) is 3.57. The van der Waals surface area contributed by atoms with Crippen molar-refractivity contribution >= 4 is 18.0 Å². The van der Waals surface area contributed by atoms with E-state index in [2.05, 4.69) is 15.3 Å². The summed E-state index contributed by atoms with van der Waals surface area (Å²) in [4.78, 5) is 7.49. The van der Waals surface area contributed by atoms with E-state index < -0.39 is 0 Å². The fourth-order valence-electron chi connectivity index (χ4n) is 2.50. The quantitative estimate of drug-likeness (QED) is 0.851. The van der Waals surface area contributed by atoms with Crippen LogP contribution in [0.3, 0.4) is 0 Å². The van der Waals surface area contributed by atoms with E-state index >= 15 is 0 Å². The fourth-order valence-corrected chi connectivity index (χ4v) is 2.70. The zero-order chi connectivity index (χ0) is 14.1. The molecule has 1 aliphatic heterocycles. The third kappa shape index (κ3) is 2.02. The highest BCUT2D eigenvalue weighted by Crippen LogP contribution is 2.41. The van der Waals surface area contributed by atoms with Gasteiger partial charge in [0, 0.05) is 12.1 Å². The van der Waals surface area contributed by atoms with Crippen LogP contribution in [-0.4, -0.2) is 30.7 Å². The largest absolute Gasteiger partial charge is 0.496 e. The maximum atomic E-state index is 5.47. The number of H-pyrrole nitrogens is 1. The van der Waals surface area contributed by atoms with Gasteiger partial charge in [-0.25, -0.2) is 4.98 Å². The van der Waals surface area contributed by atoms with Gasteiger partial charge in [0.05, 0.1) is 25.5 Å². The second-order valence-electron chi connectivity index (χ2n) is 4.46. The molecular weight excluding hydrogens is 274 g/mol. The second kappa shape index (κ2) is 5.13. The molecule has 0 amide bonds. The standard InChI is InChI=1S/C14H15N3O2S/c1-18-9-4-3-5-10(19-2)11(9)12-8-6-7-15-13(8)17-14(20)16-12/h3-5H,6-7H2,1-2H3,(H2,15,16,17,20). The molecule has 0 atom stereocenters. The molecule has 0 fully saturated rings. The van der Waals surface area contributed by atoms with E-state index in [1.807, 2.05) is 18.2 Å². The van der Waals surface area contributed by atoms with Crippen molar-refractivity contribution in [3.8, 4) is 22.8 Å². The molecular formula is C14H15N3O2S. The van der Waals surface area contributed by atoms with Crippen LogP contribution in [0.15, 0.2) is 18.2 Å². The lowest BCUT2D eigenvalue weighted by Crippen LogP contribution is -1.99. The van der Waals surface area contributed by atoms with Gasteiger partial charge in [-0.3, -0.25) is 0 Å². The van der Waals surface area contributed by atoms with Crippen LogP contribution >= 0.6 is 12.2 Å². The van der Waals surface area contributed by atoms with Crippen LogP contribution in [0, 0.1) is 4.77 Å². The van der Waals surface area contributed by atoms with E-state index in [1.54, 1.807) is 14.2 Å². The molecule has 3 rings (SSSR count). The number of methoxy groups -OCH3 is 2. The van der Waals surface area contributed by atoms with E-state index in [0.717, 1.165) is 47.1 Å². The van der Waals surface area contributed by atoms with E-state index in [0.29, 0.717) is 4.77 Å². The molecule has 0 aliphatic carbocycles. The minimum Gasteiger partial charge on any atom is -0.496 e. The number of aromatic amines is 1. The Kier molecular flexibility index (Phi) is 3.31. The van der Waals surface area contributed by atoms with Crippen molar-refractivity contribution in [3.63, 3.8) is 0 Å². The Morgan fingerprint density at radius 2 is 1.90 bits per heavy atom. The van der Waals surface area contributed by atoms with E-state index in [4.69, 9.17) is 21.7 Å². The summed E-state index contributed by atoms with van der Waals surface area (Å²) in [6.45, 7) is 0.861. The number of hydrogen-bond acceptors (Lipinski definition) is 5. The van der Waals surface area contributed by atoms with Gasteiger partial charge in [-0.05, 0) is 30.8 Å². The summed E-state index contributed by atoms with van der Waals surface area (Å²) < 4.78 is 11.4. The number of rotatable bonds is 3. The molecule has 1 aromatic heterocycles. The monoisotopic (exact) mass is 289 g/mol. The first-order valence-corrected chi connectivity index (χ1v) is 6.74. The number of nitrogens with zero attached hydrogens (tertiary/aromatic N) is 1. The van der Waals surface area contributed by atoms with Crippen LogP contribution in [0.4, 0.5) is 5.82 Å². The van der Waals surface area contributed by atoms with Crippen LogP contribution < -0.4 is 14.8 Å². The van der Waals surface area contributed by atoms with Crippen molar-refractivity contribution in [3.05, 3.63) is 28.5 Å². The van der Waals surface area contributed by atoms with Crippen LogP contribution in [0.2, 0.25) is 0 Å². The summed E-state index contributed by atoms with van der Waals surface area (Å²) in [6, 6.07) is 5.71. The van der Waals surface area contributed by atoms with Gasteiger partial charge in [0.1, 0.15) is 17.3 Å². The fraction of sp³-hybridized carbons (Fsp3) is 0.286. The first kappa shape index (κ1) is 12.9. The molecule has 2 aromatic rings. The molecule has 6 heteroatoms. The summed E-state index contributed by atoms with van der Waals surface area (Å²) in [7, 11) is 3.29. The lowest BCUT2D eigenvalue weighted by molar-refractivity contribution is 0.397. The third-order valence-electron chi connectivity index (χ3n) is 3.38. The van der Waals surface area contributed by atoms with Crippen molar-refractivity contribution in [2.45, 2.75) is 6.42 Å². The summed E-state index contributed by atoms with van der Waals surface area (Å²) in [5, 5.41) is 3.25. The Bertz CT molecular complexity index is 690. The summed E-state index contributed by atoms with van der Waals surface area (Å²) >= 11 is 5.21. The van der Waals surface area contributed by atoms with Crippen molar-refractivity contribution in [1.82, 2.24) is 9.97 Å². The number of aromatic nitrogens is 2. The number of fused-ring (bicyclic) bond motifs is 1. The van der Waals surface area contributed by atoms with Crippen molar-refractivity contribution in [1.29, 1.82) is 0 Å². The molecule has 5 nitrogen and oxygen atoms in total.